The quantitative estimate of drug-likeness (QED) is 0.714. The predicted octanol–water partition coefficient (Wildman–Crippen LogP) is 4.09. The molecule has 0 saturated carbocycles. The van der Waals surface area contributed by atoms with E-state index in [4.69, 9.17) is 0 Å². The van der Waals surface area contributed by atoms with E-state index in [-0.39, 0.29) is 11.8 Å². The highest BCUT2D eigenvalue weighted by atomic mass is 16.2. The third kappa shape index (κ3) is 3.75. The molecule has 0 fully saturated rings. The van der Waals surface area contributed by atoms with Gasteiger partial charge in [-0.1, -0.05) is 42.5 Å². The summed E-state index contributed by atoms with van der Waals surface area (Å²) in [7, 11) is 3.43. The molecule has 0 spiro atoms. The van der Waals surface area contributed by atoms with Crippen LogP contribution in [0.2, 0.25) is 0 Å². The van der Waals surface area contributed by atoms with Crippen LogP contribution >= 0.6 is 0 Å². The summed E-state index contributed by atoms with van der Waals surface area (Å²) >= 11 is 0. The van der Waals surface area contributed by atoms with E-state index in [1.165, 1.54) is 10.3 Å². The minimum Gasteiger partial charge on any atom is -0.345 e. The highest BCUT2D eigenvalue weighted by molar-refractivity contribution is 5.97. The zero-order chi connectivity index (χ0) is 18.7. The van der Waals surface area contributed by atoms with Gasteiger partial charge in [-0.25, -0.2) is 0 Å². The second-order valence-corrected chi connectivity index (χ2v) is 6.54. The second kappa shape index (κ2) is 7.40. The lowest BCUT2D eigenvalue weighted by atomic mass is 10.1. The third-order valence-electron chi connectivity index (χ3n) is 4.35. The van der Waals surface area contributed by atoms with Crippen molar-refractivity contribution in [3.05, 3.63) is 77.9 Å². The fourth-order valence-corrected chi connectivity index (χ4v) is 2.97. The first-order valence-corrected chi connectivity index (χ1v) is 8.53. The zero-order valence-electron chi connectivity index (χ0n) is 15.3. The zero-order valence-corrected chi connectivity index (χ0v) is 15.3. The van der Waals surface area contributed by atoms with Crippen LogP contribution in [0.1, 0.15) is 22.8 Å². The van der Waals surface area contributed by atoms with Crippen LogP contribution in [-0.4, -0.2) is 30.8 Å². The van der Waals surface area contributed by atoms with Crippen molar-refractivity contribution in [3.63, 3.8) is 0 Å². The van der Waals surface area contributed by atoms with Crippen molar-refractivity contribution in [2.45, 2.75) is 13.5 Å². The average Bonchev–Trinajstić information content (AvgIpc) is 2.65. The van der Waals surface area contributed by atoms with Gasteiger partial charge in [0.05, 0.1) is 6.54 Å². The molecule has 4 heteroatoms. The fraction of sp³-hybridized carbons (Fsp3) is 0.182. The van der Waals surface area contributed by atoms with Gasteiger partial charge in [0.15, 0.2) is 0 Å². The van der Waals surface area contributed by atoms with Gasteiger partial charge in [-0.2, -0.15) is 0 Å². The summed E-state index contributed by atoms with van der Waals surface area (Å²) in [5.41, 5.74) is 2.33. The monoisotopic (exact) mass is 346 g/mol. The van der Waals surface area contributed by atoms with Crippen LogP contribution in [-0.2, 0) is 11.3 Å². The maximum atomic E-state index is 12.3. The number of anilines is 1. The Kier molecular flexibility index (Phi) is 5.03. The molecule has 0 aromatic heterocycles. The number of rotatable bonds is 4. The van der Waals surface area contributed by atoms with E-state index in [1.54, 1.807) is 38.1 Å². The third-order valence-corrected chi connectivity index (χ3v) is 4.35. The fourth-order valence-electron chi connectivity index (χ4n) is 2.97. The second-order valence-electron chi connectivity index (χ2n) is 6.54. The van der Waals surface area contributed by atoms with Crippen LogP contribution in [0.3, 0.4) is 0 Å². The van der Waals surface area contributed by atoms with Crippen LogP contribution in [0, 0.1) is 0 Å². The summed E-state index contributed by atoms with van der Waals surface area (Å²) in [6.45, 7) is 2.00. The Balaban J connectivity index is 1.93. The van der Waals surface area contributed by atoms with Gasteiger partial charge < -0.3 is 9.80 Å². The van der Waals surface area contributed by atoms with Gasteiger partial charge in [0.2, 0.25) is 5.91 Å². The lowest BCUT2D eigenvalue weighted by Crippen LogP contribution is -2.28. The number of benzene rings is 3. The van der Waals surface area contributed by atoms with Crippen molar-refractivity contribution in [1.82, 2.24) is 4.90 Å². The number of amides is 2. The van der Waals surface area contributed by atoms with Crippen molar-refractivity contribution < 1.29 is 9.59 Å². The van der Waals surface area contributed by atoms with E-state index < -0.39 is 0 Å². The molecule has 0 aliphatic carbocycles. The van der Waals surface area contributed by atoms with E-state index in [9.17, 15) is 9.59 Å². The van der Waals surface area contributed by atoms with Crippen LogP contribution in [0.25, 0.3) is 10.8 Å². The average molecular weight is 346 g/mol. The Morgan fingerprint density at radius 1 is 0.846 bits per heavy atom. The van der Waals surface area contributed by atoms with E-state index in [0.717, 1.165) is 16.6 Å². The summed E-state index contributed by atoms with van der Waals surface area (Å²) < 4.78 is 0. The van der Waals surface area contributed by atoms with E-state index in [2.05, 4.69) is 24.3 Å². The smallest absolute Gasteiger partial charge is 0.253 e. The Labute approximate surface area is 153 Å². The van der Waals surface area contributed by atoms with Crippen LogP contribution in [0.5, 0.6) is 0 Å². The number of carbonyl (C=O) groups is 2. The van der Waals surface area contributed by atoms with Gasteiger partial charge in [-0.15, -0.1) is 0 Å². The molecule has 0 N–H and O–H groups in total. The summed E-state index contributed by atoms with van der Waals surface area (Å²) in [6, 6.07) is 21.5. The number of fused-ring (bicyclic) bond motifs is 1. The Bertz CT molecular complexity index is 963. The van der Waals surface area contributed by atoms with Crippen LogP contribution in [0.4, 0.5) is 5.69 Å². The van der Waals surface area contributed by atoms with Crippen molar-refractivity contribution in [2.75, 3.05) is 19.0 Å². The highest BCUT2D eigenvalue weighted by Crippen LogP contribution is 2.22. The predicted molar refractivity (Wildman–Crippen MR) is 105 cm³/mol. The molecule has 2 amide bonds. The molecular weight excluding hydrogens is 324 g/mol. The lowest BCUT2D eigenvalue weighted by Gasteiger charge is -2.22. The molecule has 132 valence electrons. The highest BCUT2D eigenvalue weighted by Gasteiger charge is 2.15. The molecule has 0 heterocycles. The summed E-state index contributed by atoms with van der Waals surface area (Å²) in [4.78, 5) is 27.7. The van der Waals surface area contributed by atoms with E-state index in [0.29, 0.717) is 12.1 Å². The molecule has 3 aromatic rings. The number of carbonyl (C=O) groups excluding carboxylic acids is 2. The van der Waals surface area contributed by atoms with Gasteiger partial charge in [0, 0.05) is 32.3 Å². The Hall–Kier alpha value is -3.14. The molecule has 0 aliphatic rings. The first-order chi connectivity index (χ1) is 12.5. The molecule has 0 radical (unpaired) electrons. The van der Waals surface area contributed by atoms with Crippen LogP contribution < -0.4 is 4.90 Å². The molecule has 4 nitrogen and oxygen atoms in total. The number of nitrogens with zero attached hydrogens (tertiary/aromatic N) is 2. The maximum Gasteiger partial charge on any atom is 0.253 e. The van der Waals surface area contributed by atoms with Gasteiger partial charge >= 0.3 is 0 Å². The molecule has 0 aliphatic heterocycles. The van der Waals surface area contributed by atoms with Crippen molar-refractivity contribution in [1.29, 1.82) is 0 Å². The normalized spacial score (nSPS) is 10.6. The van der Waals surface area contributed by atoms with Crippen molar-refractivity contribution >= 4 is 28.3 Å². The molecule has 0 bridgehead atoms. The molecule has 3 aromatic carbocycles. The summed E-state index contributed by atoms with van der Waals surface area (Å²) in [5.74, 6) is -0.145. The van der Waals surface area contributed by atoms with Crippen LogP contribution in [0.15, 0.2) is 66.7 Å². The Morgan fingerprint density at radius 2 is 1.58 bits per heavy atom. The molecule has 0 unspecified atom stereocenters. The molecule has 0 atom stereocenters. The minimum atomic E-state index is -0.0824. The SMILES string of the molecule is CC(=O)N(Cc1ccc2ccccc2c1)c1cccc(C(=O)N(C)C)c1. The van der Waals surface area contributed by atoms with E-state index >= 15 is 0 Å². The minimum absolute atomic E-state index is 0.0624. The summed E-state index contributed by atoms with van der Waals surface area (Å²) in [6.07, 6.45) is 0. The topological polar surface area (TPSA) is 40.6 Å². The molecule has 0 saturated heterocycles. The van der Waals surface area contributed by atoms with Gasteiger partial charge in [-0.05, 0) is 40.6 Å². The molecular formula is C22H22N2O2. The van der Waals surface area contributed by atoms with Gasteiger partial charge in [0.1, 0.15) is 0 Å². The number of hydrogen-bond donors (Lipinski definition) is 0. The van der Waals surface area contributed by atoms with Gasteiger partial charge in [-0.3, -0.25) is 9.59 Å². The Morgan fingerprint density at radius 3 is 2.27 bits per heavy atom. The maximum absolute atomic E-state index is 12.3. The summed E-state index contributed by atoms with van der Waals surface area (Å²) in [5, 5.41) is 2.31. The largest absolute Gasteiger partial charge is 0.345 e. The molecule has 3 rings (SSSR count). The van der Waals surface area contributed by atoms with Gasteiger partial charge in [0.25, 0.3) is 5.91 Å². The molecule has 26 heavy (non-hydrogen) atoms. The standard InChI is InChI=1S/C22H22N2O2/c1-16(25)24(21-10-6-9-20(14-21)22(26)23(2)3)15-17-11-12-18-7-4-5-8-19(18)13-17/h4-14H,15H2,1-3H3. The number of hydrogen-bond acceptors (Lipinski definition) is 2. The van der Waals surface area contributed by atoms with Crippen molar-refractivity contribution in [2.24, 2.45) is 0 Å². The first kappa shape index (κ1) is 17.7. The first-order valence-electron chi connectivity index (χ1n) is 8.53. The van der Waals surface area contributed by atoms with E-state index in [1.807, 2.05) is 30.3 Å². The lowest BCUT2D eigenvalue weighted by molar-refractivity contribution is -0.116. The van der Waals surface area contributed by atoms with Crippen molar-refractivity contribution in [3.8, 4) is 0 Å².